The van der Waals surface area contributed by atoms with E-state index < -0.39 is 5.97 Å². The summed E-state index contributed by atoms with van der Waals surface area (Å²) in [6, 6.07) is 5.40. The summed E-state index contributed by atoms with van der Waals surface area (Å²) >= 11 is 14.0. The number of carboxylic acid groups (broad SMARTS) is 1. The summed E-state index contributed by atoms with van der Waals surface area (Å²) in [6.07, 6.45) is 4.42. The number of carbonyl (C=O) groups is 1. The Hall–Kier alpha value is -1.93. The van der Waals surface area contributed by atoms with E-state index in [0.717, 1.165) is 40.9 Å². The van der Waals surface area contributed by atoms with Crippen LogP contribution < -0.4 is 5.32 Å². The van der Waals surface area contributed by atoms with Crippen molar-refractivity contribution in [3.8, 4) is 0 Å². The average Bonchev–Trinajstić information content (AvgIpc) is 3.05. The number of aryl methyl sites for hydroxylation is 2. The van der Waals surface area contributed by atoms with Crippen LogP contribution in [0.3, 0.4) is 0 Å². The summed E-state index contributed by atoms with van der Waals surface area (Å²) in [5.41, 5.74) is 2.23. The van der Waals surface area contributed by atoms with Crippen LogP contribution in [0.1, 0.15) is 34.7 Å². The number of thiophene rings is 1. The lowest BCUT2D eigenvalue weighted by Crippen LogP contribution is -2.10. The minimum absolute atomic E-state index is 0.0428. The number of hydrogen-bond donors (Lipinski definition) is 2. The van der Waals surface area contributed by atoms with Crippen molar-refractivity contribution < 1.29 is 14.6 Å². The second-order valence-electron chi connectivity index (χ2n) is 6.86. The topological polar surface area (TPSA) is 84.3 Å². The van der Waals surface area contributed by atoms with Gasteiger partial charge in [-0.3, -0.25) is 0 Å². The molecule has 0 radical (unpaired) electrons. The van der Waals surface area contributed by atoms with Crippen molar-refractivity contribution in [2.24, 2.45) is 0 Å². The third-order valence-corrected chi connectivity index (χ3v) is 6.55. The summed E-state index contributed by atoms with van der Waals surface area (Å²) in [5.74, 6) is 0.171. The smallest absolute Gasteiger partial charge is 0.329 e. The molecule has 1 aliphatic rings. The first kappa shape index (κ1) is 20.3. The van der Waals surface area contributed by atoms with Gasteiger partial charge in [-0.1, -0.05) is 29.3 Å². The Morgan fingerprint density at radius 3 is 2.86 bits per heavy atom. The second kappa shape index (κ2) is 8.83. The van der Waals surface area contributed by atoms with Gasteiger partial charge in [0.15, 0.2) is 5.82 Å². The van der Waals surface area contributed by atoms with E-state index in [1.54, 1.807) is 23.5 Å². The average molecular weight is 452 g/mol. The van der Waals surface area contributed by atoms with E-state index in [4.69, 9.17) is 33.0 Å². The van der Waals surface area contributed by atoms with Crippen LogP contribution in [0.5, 0.6) is 0 Å². The first-order valence-corrected chi connectivity index (χ1v) is 10.9. The number of fused-ring (bicyclic) bond motifs is 3. The minimum Gasteiger partial charge on any atom is -0.480 e. The third-order valence-electron chi connectivity index (χ3n) is 4.78. The van der Waals surface area contributed by atoms with Gasteiger partial charge in [0.25, 0.3) is 0 Å². The Morgan fingerprint density at radius 2 is 2.07 bits per heavy atom. The van der Waals surface area contributed by atoms with Crippen molar-refractivity contribution in [3.63, 3.8) is 0 Å². The van der Waals surface area contributed by atoms with Crippen molar-refractivity contribution in [2.75, 3.05) is 11.9 Å². The summed E-state index contributed by atoms with van der Waals surface area (Å²) < 4.78 is 5.20. The van der Waals surface area contributed by atoms with Gasteiger partial charge in [0, 0.05) is 21.5 Å². The molecule has 4 rings (SSSR count). The molecular formula is C20H19Cl2N3O3S. The number of nitrogens with one attached hydrogen (secondary N) is 1. The number of hydrogen-bond acceptors (Lipinski definition) is 6. The van der Waals surface area contributed by atoms with Gasteiger partial charge in [-0.05, 0) is 48.9 Å². The summed E-state index contributed by atoms with van der Waals surface area (Å²) in [5, 5.41) is 14.4. The van der Waals surface area contributed by atoms with E-state index >= 15 is 0 Å². The van der Waals surface area contributed by atoms with Gasteiger partial charge in [-0.2, -0.15) is 0 Å². The Kier molecular flexibility index (Phi) is 6.20. The SMILES string of the molecule is O=C(O)COCc1nc(NCc2ccc(Cl)cc2Cl)c2c3c(sc2n1)CCCC3. The molecule has 9 heteroatoms. The number of benzene rings is 1. The van der Waals surface area contributed by atoms with Gasteiger partial charge >= 0.3 is 5.97 Å². The maximum Gasteiger partial charge on any atom is 0.329 e. The van der Waals surface area contributed by atoms with Crippen molar-refractivity contribution in [1.29, 1.82) is 0 Å². The molecule has 0 saturated carbocycles. The first-order valence-electron chi connectivity index (χ1n) is 9.30. The number of anilines is 1. The van der Waals surface area contributed by atoms with E-state index in [9.17, 15) is 4.79 Å². The molecule has 0 spiro atoms. The summed E-state index contributed by atoms with van der Waals surface area (Å²) in [4.78, 5) is 22.3. The molecular weight excluding hydrogens is 433 g/mol. The third kappa shape index (κ3) is 4.64. The molecule has 0 atom stereocenters. The first-order chi connectivity index (χ1) is 14.0. The predicted octanol–water partition coefficient (Wildman–Crippen LogP) is 5.09. The molecule has 6 nitrogen and oxygen atoms in total. The largest absolute Gasteiger partial charge is 0.480 e. The molecule has 152 valence electrons. The van der Waals surface area contributed by atoms with Crippen LogP contribution in [0.4, 0.5) is 5.82 Å². The van der Waals surface area contributed by atoms with Crippen LogP contribution in [0.25, 0.3) is 10.2 Å². The van der Waals surface area contributed by atoms with Gasteiger partial charge in [-0.25, -0.2) is 14.8 Å². The summed E-state index contributed by atoms with van der Waals surface area (Å²) in [6.45, 7) is 0.148. The van der Waals surface area contributed by atoms with Crippen molar-refractivity contribution >= 4 is 56.5 Å². The monoisotopic (exact) mass is 451 g/mol. The zero-order chi connectivity index (χ0) is 20.4. The maximum absolute atomic E-state index is 10.7. The number of aliphatic carboxylic acids is 1. The van der Waals surface area contributed by atoms with E-state index in [2.05, 4.69) is 15.3 Å². The lowest BCUT2D eigenvalue weighted by molar-refractivity contribution is -0.142. The highest BCUT2D eigenvalue weighted by Gasteiger charge is 2.21. The van der Waals surface area contributed by atoms with Gasteiger partial charge in [0.2, 0.25) is 0 Å². The number of nitrogens with zero attached hydrogens (tertiary/aromatic N) is 2. The van der Waals surface area contributed by atoms with Crippen LogP contribution in [0.15, 0.2) is 18.2 Å². The standard InChI is InChI=1S/C20H19Cl2N3O3S/c21-12-6-5-11(14(22)7-12)8-23-19-18-13-3-1-2-4-15(13)29-20(18)25-16(24-19)9-28-10-17(26)27/h5-7H,1-4,8-10H2,(H,26,27)(H,23,24,25). The highest BCUT2D eigenvalue weighted by atomic mass is 35.5. The molecule has 1 aliphatic carbocycles. The van der Waals surface area contributed by atoms with Crippen LogP contribution in [-0.4, -0.2) is 27.7 Å². The fourth-order valence-electron chi connectivity index (χ4n) is 3.47. The molecule has 0 bridgehead atoms. The maximum atomic E-state index is 10.7. The molecule has 1 aromatic carbocycles. The highest BCUT2D eigenvalue weighted by Crippen LogP contribution is 2.39. The normalized spacial score (nSPS) is 13.4. The fraction of sp³-hybridized carbons (Fsp3) is 0.350. The molecule has 2 aromatic heterocycles. The molecule has 0 amide bonds. The number of rotatable bonds is 7. The van der Waals surface area contributed by atoms with Crippen LogP contribution in [0, 0.1) is 0 Å². The highest BCUT2D eigenvalue weighted by molar-refractivity contribution is 7.19. The van der Waals surface area contributed by atoms with E-state index in [-0.39, 0.29) is 13.2 Å². The van der Waals surface area contributed by atoms with Crippen LogP contribution in [-0.2, 0) is 35.5 Å². The van der Waals surface area contributed by atoms with Crippen molar-refractivity contribution in [3.05, 3.63) is 50.1 Å². The van der Waals surface area contributed by atoms with E-state index in [0.29, 0.717) is 22.4 Å². The molecule has 3 aromatic rings. The molecule has 0 saturated heterocycles. The number of halogens is 2. The fourth-order valence-corrected chi connectivity index (χ4v) is 5.22. The number of ether oxygens (including phenoxy) is 1. The number of aromatic nitrogens is 2. The summed E-state index contributed by atoms with van der Waals surface area (Å²) in [7, 11) is 0. The predicted molar refractivity (Wildman–Crippen MR) is 115 cm³/mol. The zero-order valence-corrected chi connectivity index (χ0v) is 17.8. The lowest BCUT2D eigenvalue weighted by Gasteiger charge is -2.14. The molecule has 0 unspecified atom stereocenters. The molecule has 29 heavy (non-hydrogen) atoms. The number of carboxylic acids is 1. The second-order valence-corrected chi connectivity index (χ2v) is 8.78. The molecule has 0 fully saturated rings. The van der Waals surface area contributed by atoms with Crippen LogP contribution in [0.2, 0.25) is 10.0 Å². The van der Waals surface area contributed by atoms with Gasteiger partial charge < -0.3 is 15.2 Å². The zero-order valence-electron chi connectivity index (χ0n) is 15.5. The Morgan fingerprint density at radius 1 is 1.24 bits per heavy atom. The lowest BCUT2D eigenvalue weighted by atomic mass is 9.97. The molecule has 2 heterocycles. The van der Waals surface area contributed by atoms with Crippen molar-refractivity contribution in [2.45, 2.75) is 38.8 Å². The Labute approximate surface area is 181 Å². The van der Waals surface area contributed by atoms with Gasteiger partial charge in [-0.15, -0.1) is 11.3 Å². The van der Waals surface area contributed by atoms with Crippen molar-refractivity contribution in [1.82, 2.24) is 9.97 Å². The van der Waals surface area contributed by atoms with Gasteiger partial charge in [0.05, 0.1) is 5.39 Å². The quantitative estimate of drug-likeness (QED) is 0.520. The van der Waals surface area contributed by atoms with E-state index in [1.165, 1.54) is 16.9 Å². The molecule has 2 N–H and O–H groups in total. The minimum atomic E-state index is -1.02. The molecule has 0 aliphatic heterocycles. The van der Waals surface area contributed by atoms with Gasteiger partial charge in [0.1, 0.15) is 23.9 Å². The van der Waals surface area contributed by atoms with E-state index in [1.807, 2.05) is 6.07 Å². The Balaban J connectivity index is 1.66. The van der Waals surface area contributed by atoms with Crippen LogP contribution >= 0.6 is 34.5 Å². The Bertz CT molecular complexity index is 1070.